The van der Waals surface area contributed by atoms with Gasteiger partial charge < -0.3 is 10.3 Å². The molecule has 6 nitrogen and oxygen atoms in total. The second-order valence-electron chi connectivity index (χ2n) is 4.69. The summed E-state index contributed by atoms with van der Waals surface area (Å²) in [5.41, 5.74) is 7.79. The average molecular weight is 301 g/mol. The summed E-state index contributed by atoms with van der Waals surface area (Å²) in [7, 11) is 1.77. The van der Waals surface area contributed by atoms with Gasteiger partial charge in [0.2, 0.25) is 0 Å². The van der Waals surface area contributed by atoms with Gasteiger partial charge in [0.1, 0.15) is 11.4 Å². The van der Waals surface area contributed by atoms with E-state index in [9.17, 15) is 0 Å². The van der Waals surface area contributed by atoms with Crippen LogP contribution < -0.4 is 5.73 Å². The number of nitrogens with two attached hydrogens (primary N) is 1. The third-order valence-corrected chi connectivity index (χ3v) is 4.03. The number of benzene rings is 1. The number of hydrogen-bond acceptors (Lipinski definition) is 6. The van der Waals surface area contributed by atoms with E-state index in [2.05, 4.69) is 40.4 Å². The summed E-state index contributed by atoms with van der Waals surface area (Å²) in [6.07, 6.45) is 1.63. The minimum absolute atomic E-state index is 0.403. The molecule has 0 fully saturated rings. The van der Waals surface area contributed by atoms with Crippen molar-refractivity contribution in [3.05, 3.63) is 41.9 Å². The van der Waals surface area contributed by atoms with E-state index in [1.807, 2.05) is 6.07 Å². The number of nitrogens with zero attached hydrogens (tertiary/aromatic N) is 4. The van der Waals surface area contributed by atoms with Gasteiger partial charge in [-0.3, -0.25) is 4.68 Å². The summed E-state index contributed by atoms with van der Waals surface area (Å²) in [5, 5.41) is 8.04. The van der Waals surface area contributed by atoms with Gasteiger partial charge in [-0.15, -0.1) is 11.8 Å². The molecule has 0 radical (unpaired) electrons. The zero-order valence-electron chi connectivity index (χ0n) is 11.8. The van der Waals surface area contributed by atoms with Crippen molar-refractivity contribution in [3.63, 3.8) is 0 Å². The van der Waals surface area contributed by atoms with Crippen LogP contribution in [0.4, 0.5) is 5.82 Å². The van der Waals surface area contributed by atoms with Crippen molar-refractivity contribution in [2.75, 3.05) is 5.73 Å². The molecule has 21 heavy (non-hydrogen) atoms. The number of aryl methyl sites for hydroxylation is 2. The lowest BCUT2D eigenvalue weighted by Crippen LogP contribution is -1.98. The molecule has 0 saturated heterocycles. The monoisotopic (exact) mass is 301 g/mol. The largest absolute Gasteiger partial charge is 0.383 e. The highest BCUT2D eigenvalue weighted by Crippen LogP contribution is 2.26. The maximum Gasteiger partial charge on any atom is 0.263 e. The van der Waals surface area contributed by atoms with Crippen LogP contribution in [0.2, 0.25) is 0 Å². The molecule has 0 atom stereocenters. The van der Waals surface area contributed by atoms with Crippen LogP contribution in [0.1, 0.15) is 11.4 Å². The molecule has 2 aromatic heterocycles. The first-order chi connectivity index (χ1) is 10.1. The molecule has 2 N–H and O–H groups in total. The predicted molar refractivity (Wildman–Crippen MR) is 81.7 cm³/mol. The Hall–Kier alpha value is -2.28. The van der Waals surface area contributed by atoms with E-state index in [-0.39, 0.29) is 0 Å². The fraction of sp³-hybridized carbons (Fsp3) is 0.214. The van der Waals surface area contributed by atoms with Gasteiger partial charge in [-0.25, -0.2) is 0 Å². The van der Waals surface area contributed by atoms with Gasteiger partial charge in [0.15, 0.2) is 5.82 Å². The van der Waals surface area contributed by atoms with Gasteiger partial charge in [0, 0.05) is 11.9 Å². The van der Waals surface area contributed by atoms with Crippen molar-refractivity contribution >= 4 is 17.6 Å². The molecular formula is C14H15N5OS. The summed E-state index contributed by atoms with van der Waals surface area (Å²) in [6.45, 7) is 2.07. The summed E-state index contributed by atoms with van der Waals surface area (Å²) in [5.74, 6) is 2.20. The van der Waals surface area contributed by atoms with Crippen LogP contribution in [-0.4, -0.2) is 19.9 Å². The van der Waals surface area contributed by atoms with Crippen LogP contribution in [0, 0.1) is 6.92 Å². The molecule has 0 unspecified atom stereocenters. The average Bonchev–Trinajstić information content (AvgIpc) is 3.05. The third-order valence-electron chi connectivity index (χ3n) is 3.04. The van der Waals surface area contributed by atoms with Crippen LogP contribution in [-0.2, 0) is 12.8 Å². The Morgan fingerprint density at radius 2 is 2.24 bits per heavy atom. The second kappa shape index (κ2) is 5.61. The van der Waals surface area contributed by atoms with Gasteiger partial charge in [0.05, 0.1) is 11.9 Å². The number of thioether (sulfide) groups is 1. The van der Waals surface area contributed by atoms with Gasteiger partial charge in [0.25, 0.3) is 5.89 Å². The first kappa shape index (κ1) is 13.7. The molecule has 2 heterocycles. The van der Waals surface area contributed by atoms with Crippen LogP contribution in [0.3, 0.4) is 0 Å². The first-order valence-corrected chi connectivity index (χ1v) is 7.42. The van der Waals surface area contributed by atoms with Crippen molar-refractivity contribution in [1.82, 2.24) is 19.9 Å². The third kappa shape index (κ3) is 2.92. The lowest BCUT2D eigenvalue weighted by atomic mass is 10.2. The quantitative estimate of drug-likeness (QED) is 0.746. The number of nitrogen functional groups attached to an aromatic ring is 1. The summed E-state index contributed by atoms with van der Waals surface area (Å²) < 4.78 is 6.82. The van der Waals surface area contributed by atoms with E-state index in [0.717, 1.165) is 0 Å². The van der Waals surface area contributed by atoms with Crippen molar-refractivity contribution in [2.45, 2.75) is 17.6 Å². The van der Waals surface area contributed by atoms with Crippen molar-refractivity contribution in [3.8, 4) is 11.5 Å². The second-order valence-corrected chi connectivity index (χ2v) is 5.74. The molecular weight excluding hydrogens is 286 g/mol. The lowest BCUT2D eigenvalue weighted by Gasteiger charge is -1.99. The molecule has 0 amide bonds. The topological polar surface area (TPSA) is 82.8 Å². The van der Waals surface area contributed by atoms with Gasteiger partial charge >= 0.3 is 0 Å². The van der Waals surface area contributed by atoms with Crippen molar-refractivity contribution in [1.29, 1.82) is 0 Å². The smallest absolute Gasteiger partial charge is 0.263 e. The Balaban J connectivity index is 1.72. The van der Waals surface area contributed by atoms with Crippen LogP contribution in [0.25, 0.3) is 11.5 Å². The highest BCUT2D eigenvalue weighted by Gasteiger charge is 2.15. The Kier molecular flexibility index (Phi) is 3.66. The number of rotatable bonds is 4. The minimum Gasteiger partial charge on any atom is -0.383 e. The molecule has 7 heteroatoms. The van der Waals surface area contributed by atoms with Crippen molar-refractivity contribution in [2.24, 2.45) is 7.05 Å². The van der Waals surface area contributed by atoms with Gasteiger partial charge in [-0.1, -0.05) is 22.9 Å². The fourth-order valence-corrected chi connectivity index (χ4v) is 2.74. The van der Waals surface area contributed by atoms with E-state index in [1.54, 1.807) is 29.7 Å². The molecule has 3 aromatic rings. The Labute approximate surface area is 126 Å². The number of anilines is 1. The Morgan fingerprint density at radius 3 is 2.95 bits per heavy atom. The highest BCUT2D eigenvalue weighted by atomic mass is 32.2. The molecule has 1 aromatic carbocycles. The standard InChI is InChI=1S/C14H15N5OS/c1-9-4-3-5-10(6-9)21-8-12-17-14(20-18-12)11-7-16-19(2)13(11)15/h3-7H,8,15H2,1-2H3. The van der Waals surface area contributed by atoms with E-state index in [0.29, 0.717) is 28.8 Å². The predicted octanol–water partition coefficient (Wildman–Crippen LogP) is 2.65. The SMILES string of the molecule is Cc1cccc(SCc2noc(-c3cnn(C)c3N)n2)c1. The van der Waals surface area contributed by atoms with E-state index in [4.69, 9.17) is 10.3 Å². The molecule has 3 rings (SSSR count). The summed E-state index contributed by atoms with van der Waals surface area (Å²) in [4.78, 5) is 5.54. The van der Waals surface area contributed by atoms with Crippen LogP contribution in [0.5, 0.6) is 0 Å². The summed E-state index contributed by atoms with van der Waals surface area (Å²) >= 11 is 1.67. The molecule has 0 aliphatic rings. The summed E-state index contributed by atoms with van der Waals surface area (Å²) in [6, 6.07) is 8.31. The maximum atomic E-state index is 5.89. The normalized spacial score (nSPS) is 11.0. The molecule has 0 aliphatic carbocycles. The van der Waals surface area contributed by atoms with Crippen LogP contribution >= 0.6 is 11.8 Å². The molecule has 0 spiro atoms. The molecule has 0 aliphatic heterocycles. The minimum atomic E-state index is 0.403. The fourth-order valence-electron chi connectivity index (χ4n) is 1.89. The van der Waals surface area contributed by atoms with Gasteiger partial charge in [-0.05, 0) is 19.1 Å². The first-order valence-electron chi connectivity index (χ1n) is 6.43. The van der Waals surface area contributed by atoms with Gasteiger partial charge in [-0.2, -0.15) is 10.1 Å². The number of aromatic nitrogens is 4. The molecule has 0 bridgehead atoms. The number of hydrogen-bond donors (Lipinski definition) is 1. The highest BCUT2D eigenvalue weighted by molar-refractivity contribution is 7.98. The van der Waals surface area contributed by atoms with Crippen LogP contribution in [0.15, 0.2) is 39.9 Å². The van der Waals surface area contributed by atoms with E-state index in [1.165, 1.54) is 10.5 Å². The van der Waals surface area contributed by atoms with Crippen molar-refractivity contribution < 1.29 is 4.52 Å². The molecule has 0 saturated carbocycles. The zero-order valence-corrected chi connectivity index (χ0v) is 12.6. The molecule has 108 valence electrons. The Morgan fingerprint density at radius 1 is 1.38 bits per heavy atom. The van der Waals surface area contributed by atoms with E-state index < -0.39 is 0 Å². The maximum absolute atomic E-state index is 5.89. The zero-order chi connectivity index (χ0) is 14.8. The Bertz CT molecular complexity index is 764. The lowest BCUT2D eigenvalue weighted by molar-refractivity contribution is 0.425. The van der Waals surface area contributed by atoms with E-state index >= 15 is 0 Å².